The second-order valence-electron chi connectivity index (χ2n) is 5.21. The van der Waals surface area contributed by atoms with Gasteiger partial charge < -0.3 is 55.4 Å². The average molecular weight is 464 g/mol. The van der Waals surface area contributed by atoms with Crippen LogP contribution in [0.3, 0.4) is 0 Å². The van der Waals surface area contributed by atoms with Gasteiger partial charge in [-0.2, -0.15) is 0 Å². The molecule has 0 aromatic heterocycles. The van der Waals surface area contributed by atoms with Crippen LogP contribution in [0.5, 0.6) is 0 Å². The molecule has 0 rings (SSSR count). The molecular formula is C12H34Cl2Cu2N4O2-3. The van der Waals surface area contributed by atoms with Crippen molar-refractivity contribution < 1.29 is 69.9 Å². The number of nitrogens with zero attached hydrogens (tertiary/aromatic N) is 4. The first-order chi connectivity index (χ1) is 7.25. The summed E-state index contributed by atoms with van der Waals surface area (Å²) in [6.07, 6.45) is 0. The SMILES string of the molecule is CN(C)CCN(C)C.CN(C)CCN(C)C.[Cl-].[Cl-].[Cu+].[Cu].[OH-].[OH-]. The van der Waals surface area contributed by atoms with Gasteiger partial charge in [0.1, 0.15) is 0 Å². The maximum absolute atomic E-state index is 2.18. The Morgan fingerprint density at radius 2 is 0.545 bits per heavy atom. The standard InChI is InChI=1S/2C6H16N2.2ClH.2Cu.2H2O/c2*1-7(2)5-6-8(3)4;;;;;;/h2*5-6H2,1-4H3;2*1H;;;2*1H2/q;;;;;+1;;/p-4. The first-order valence-corrected chi connectivity index (χ1v) is 5.84. The quantitative estimate of drug-likeness (QED) is 0.365. The van der Waals surface area contributed by atoms with E-state index in [1.54, 1.807) is 0 Å². The Labute approximate surface area is 171 Å². The van der Waals surface area contributed by atoms with Gasteiger partial charge >= 0.3 is 17.1 Å². The van der Waals surface area contributed by atoms with E-state index < -0.39 is 0 Å². The topological polar surface area (TPSA) is 73.0 Å². The summed E-state index contributed by atoms with van der Waals surface area (Å²) in [5, 5.41) is 0. The van der Waals surface area contributed by atoms with Gasteiger partial charge in [0, 0.05) is 43.2 Å². The molecule has 0 fully saturated rings. The summed E-state index contributed by atoms with van der Waals surface area (Å²) >= 11 is 0. The second-order valence-corrected chi connectivity index (χ2v) is 5.21. The largest absolute Gasteiger partial charge is 1.00 e. The first-order valence-electron chi connectivity index (χ1n) is 5.84. The van der Waals surface area contributed by atoms with E-state index in [1.165, 1.54) is 0 Å². The molecule has 0 saturated carbocycles. The van der Waals surface area contributed by atoms with Gasteiger partial charge in [-0.3, -0.25) is 0 Å². The van der Waals surface area contributed by atoms with Crippen LogP contribution in [-0.4, -0.2) is 113 Å². The third-order valence-electron chi connectivity index (χ3n) is 1.99. The fourth-order valence-corrected chi connectivity index (χ4v) is 0.800. The molecule has 0 amide bonds. The predicted octanol–water partition coefficient (Wildman–Crippen LogP) is -6.13. The zero-order chi connectivity index (χ0) is 13.1. The molecule has 0 aromatic carbocycles. The van der Waals surface area contributed by atoms with Gasteiger partial charge in [0.15, 0.2) is 0 Å². The molecule has 1 radical (unpaired) electrons. The average Bonchev–Trinajstić information content (AvgIpc) is 2.12. The van der Waals surface area contributed by atoms with Crippen molar-refractivity contribution in [2.75, 3.05) is 82.6 Å². The fourth-order valence-electron chi connectivity index (χ4n) is 0.800. The van der Waals surface area contributed by atoms with Crippen molar-refractivity contribution in [2.45, 2.75) is 0 Å². The van der Waals surface area contributed by atoms with Crippen molar-refractivity contribution in [3.05, 3.63) is 0 Å². The molecule has 0 atom stereocenters. The van der Waals surface area contributed by atoms with Gasteiger partial charge in [-0.25, -0.2) is 0 Å². The maximum Gasteiger partial charge on any atom is 1.00 e. The minimum Gasteiger partial charge on any atom is -1.00 e. The molecule has 0 heterocycles. The minimum absolute atomic E-state index is 0. The molecule has 10 heteroatoms. The molecule has 0 spiro atoms. The summed E-state index contributed by atoms with van der Waals surface area (Å²) in [5.74, 6) is 0. The van der Waals surface area contributed by atoms with Crippen LogP contribution in [0.25, 0.3) is 0 Å². The monoisotopic (exact) mass is 462 g/mol. The van der Waals surface area contributed by atoms with Crippen LogP contribution in [-0.2, 0) is 34.1 Å². The van der Waals surface area contributed by atoms with Crippen molar-refractivity contribution >= 4 is 0 Å². The smallest absolute Gasteiger partial charge is 1.00 e. The molecule has 6 nitrogen and oxygen atoms in total. The molecule has 0 bridgehead atoms. The molecule has 22 heavy (non-hydrogen) atoms. The Kier molecular flexibility index (Phi) is 76.2. The zero-order valence-corrected chi connectivity index (χ0v) is 18.3. The Bertz CT molecular complexity index is 129. The normalized spacial score (nSPS) is 8.18. The Morgan fingerprint density at radius 1 is 0.455 bits per heavy atom. The van der Waals surface area contributed by atoms with Gasteiger partial charge in [0.25, 0.3) is 0 Å². The summed E-state index contributed by atoms with van der Waals surface area (Å²) in [6, 6.07) is 0. The van der Waals surface area contributed by atoms with E-state index in [4.69, 9.17) is 0 Å². The van der Waals surface area contributed by atoms with Crippen molar-refractivity contribution in [3.63, 3.8) is 0 Å². The van der Waals surface area contributed by atoms with Crippen molar-refractivity contribution in [1.82, 2.24) is 19.6 Å². The molecule has 0 unspecified atom stereocenters. The Morgan fingerprint density at radius 3 is 0.591 bits per heavy atom. The molecule has 153 valence electrons. The first kappa shape index (κ1) is 49.5. The van der Waals surface area contributed by atoms with Crippen LogP contribution in [0.4, 0.5) is 0 Å². The van der Waals surface area contributed by atoms with Crippen LogP contribution in [0, 0.1) is 0 Å². The van der Waals surface area contributed by atoms with E-state index in [2.05, 4.69) is 76.0 Å². The summed E-state index contributed by atoms with van der Waals surface area (Å²) in [7, 11) is 16.7. The third kappa shape index (κ3) is 68.6. The predicted molar refractivity (Wildman–Crippen MR) is 78.1 cm³/mol. The van der Waals surface area contributed by atoms with Crippen LogP contribution < -0.4 is 24.8 Å². The second kappa shape index (κ2) is 33.9. The fraction of sp³-hybridized carbons (Fsp3) is 1.00. The van der Waals surface area contributed by atoms with E-state index in [0.717, 1.165) is 26.2 Å². The van der Waals surface area contributed by atoms with Crippen LogP contribution in [0.1, 0.15) is 0 Å². The van der Waals surface area contributed by atoms with E-state index >= 15 is 0 Å². The number of hydrogen-bond acceptors (Lipinski definition) is 6. The van der Waals surface area contributed by atoms with Gasteiger partial charge in [-0.05, 0) is 56.4 Å². The number of halogens is 2. The van der Waals surface area contributed by atoms with Gasteiger partial charge in [0.2, 0.25) is 0 Å². The molecule has 0 aliphatic heterocycles. The van der Waals surface area contributed by atoms with Crippen LogP contribution in [0.15, 0.2) is 0 Å². The van der Waals surface area contributed by atoms with Crippen LogP contribution in [0.2, 0.25) is 0 Å². The van der Waals surface area contributed by atoms with E-state index in [-0.39, 0.29) is 69.9 Å². The number of rotatable bonds is 6. The molecule has 0 aromatic rings. The summed E-state index contributed by atoms with van der Waals surface area (Å²) in [6.45, 7) is 4.58. The van der Waals surface area contributed by atoms with E-state index in [9.17, 15) is 0 Å². The van der Waals surface area contributed by atoms with Crippen molar-refractivity contribution in [3.8, 4) is 0 Å². The van der Waals surface area contributed by atoms with Crippen molar-refractivity contribution in [2.24, 2.45) is 0 Å². The molecule has 2 N–H and O–H groups in total. The van der Waals surface area contributed by atoms with Gasteiger partial charge in [-0.1, -0.05) is 0 Å². The third-order valence-corrected chi connectivity index (χ3v) is 1.99. The van der Waals surface area contributed by atoms with E-state index in [0.29, 0.717) is 0 Å². The number of likely N-dealkylation sites (N-methyl/N-ethyl adjacent to an activating group) is 4. The molecular weight excluding hydrogens is 430 g/mol. The molecule has 0 saturated heterocycles. The van der Waals surface area contributed by atoms with Gasteiger partial charge in [0.05, 0.1) is 0 Å². The van der Waals surface area contributed by atoms with Crippen LogP contribution >= 0.6 is 0 Å². The summed E-state index contributed by atoms with van der Waals surface area (Å²) in [4.78, 5) is 8.72. The van der Waals surface area contributed by atoms with Gasteiger partial charge in [-0.15, -0.1) is 0 Å². The molecule has 0 aliphatic carbocycles. The summed E-state index contributed by atoms with van der Waals surface area (Å²) < 4.78 is 0. The van der Waals surface area contributed by atoms with Crippen molar-refractivity contribution in [1.29, 1.82) is 0 Å². The maximum atomic E-state index is 2.18. The zero-order valence-electron chi connectivity index (χ0n) is 14.9. The molecule has 0 aliphatic rings. The minimum atomic E-state index is 0. The Balaban J connectivity index is -0.0000000233. The van der Waals surface area contributed by atoms with E-state index in [1.807, 2.05) is 0 Å². The Hall–Kier alpha value is 1.38. The number of hydrogen-bond donors (Lipinski definition) is 0. The summed E-state index contributed by atoms with van der Waals surface area (Å²) in [5.41, 5.74) is 0.